The van der Waals surface area contributed by atoms with Crippen molar-refractivity contribution in [3.05, 3.63) is 34.9 Å². The molecule has 6 nitrogen and oxygen atoms in total. The number of carbonyl (C=O) groups excluding carboxylic acids is 1. The monoisotopic (exact) mass is 311 g/mol. The summed E-state index contributed by atoms with van der Waals surface area (Å²) in [5, 5.41) is 11.6. The molecular weight excluding hydrogens is 294 g/mol. The number of sulfone groups is 1. The molecule has 0 saturated heterocycles. The minimum absolute atomic E-state index is 0.0923. The molecule has 114 valence electrons. The molecule has 0 amide bonds. The first-order valence-corrected chi connectivity index (χ1v) is 7.90. The van der Waals surface area contributed by atoms with Crippen LogP contribution in [0.3, 0.4) is 0 Å². The van der Waals surface area contributed by atoms with Gasteiger partial charge in [0.2, 0.25) is 0 Å². The largest absolute Gasteiger partial charge is 0.465 e. The fourth-order valence-corrected chi connectivity index (χ4v) is 2.74. The van der Waals surface area contributed by atoms with Gasteiger partial charge in [0.15, 0.2) is 9.84 Å². The Balaban J connectivity index is 3.61. The van der Waals surface area contributed by atoms with Crippen LogP contribution in [0.4, 0.5) is 0 Å². The summed E-state index contributed by atoms with van der Waals surface area (Å²) >= 11 is 0. The van der Waals surface area contributed by atoms with Gasteiger partial charge in [0.25, 0.3) is 0 Å². The summed E-state index contributed by atoms with van der Waals surface area (Å²) in [6, 6.07) is 2.78. The van der Waals surface area contributed by atoms with E-state index in [2.05, 4.69) is 9.89 Å². The molecular formula is C14H17NO5S. The molecule has 0 aliphatic heterocycles. The Morgan fingerprint density at radius 3 is 2.48 bits per heavy atom. The molecule has 0 radical (unpaired) electrons. The van der Waals surface area contributed by atoms with Gasteiger partial charge in [-0.1, -0.05) is 11.2 Å². The van der Waals surface area contributed by atoms with E-state index in [0.29, 0.717) is 16.8 Å². The van der Waals surface area contributed by atoms with E-state index < -0.39 is 15.8 Å². The van der Waals surface area contributed by atoms with E-state index in [-0.39, 0.29) is 10.5 Å². The molecule has 0 saturated carbocycles. The number of methoxy groups -OCH3 is 1. The van der Waals surface area contributed by atoms with Gasteiger partial charge < -0.3 is 9.94 Å². The van der Waals surface area contributed by atoms with Crippen LogP contribution in [-0.2, 0) is 14.6 Å². The van der Waals surface area contributed by atoms with Crippen LogP contribution >= 0.6 is 0 Å². The Morgan fingerprint density at radius 1 is 1.38 bits per heavy atom. The number of hydrogen-bond donors (Lipinski definition) is 1. The zero-order chi connectivity index (χ0) is 16.2. The van der Waals surface area contributed by atoms with Crippen LogP contribution in [0.25, 0.3) is 6.08 Å². The van der Waals surface area contributed by atoms with E-state index >= 15 is 0 Å². The number of carbonyl (C=O) groups is 1. The summed E-state index contributed by atoms with van der Waals surface area (Å²) in [7, 11) is -2.21. The molecule has 21 heavy (non-hydrogen) atoms. The van der Waals surface area contributed by atoms with E-state index in [1.54, 1.807) is 13.8 Å². The van der Waals surface area contributed by atoms with E-state index in [1.807, 2.05) is 0 Å². The average molecular weight is 311 g/mol. The van der Waals surface area contributed by atoms with Crippen LogP contribution in [0.15, 0.2) is 28.3 Å². The number of benzene rings is 1. The van der Waals surface area contributed by atoms with Crippen molar-refractivity contribution in [2.45, 2.75) is 18.7 Å². The van der Waals surface area contributed by atoms with Crippen LogP contribution in [0.2, 0.25) is 0 Å². The van der Waals surface area contributed by atoms with E-state index in [1.165, 1.54) is 31.4 Å². The molecule has 0 aliphatic carbocycles. The van der Waals surface area contributed by atoms with E-state index in [4.69, 9.17) is 5.21 Å². The third-order valence-electron chi connectivity index (χ3n) is 2.93. The smallest absolute Gasteiger partial charge is 0.338 e. The predicted octanol–water partition coefficient (Wildman–Crippen LogP) is 2.05. The molecule has 0 atom stereocenters. The Bertz CT molecular complexity index is 717. The minimum Gasteiger partial charge on any atom is -0.465 e. The van der Waals surface area contributed by atoms with Crippen molar-refractivity contribution < 1.29 is 23.2 Å². The molecule has 0 heterocycles. The van der Waals surface area contributed by atoms with Crippen LogP contribution < -0.4 is 0 Å². The van der Waals surface area contributed by atoms with Crippen LogP contribution in [0, 0.1) is 6.92 Å². The second-order valence-electron chi connectivity index (χ2n) is 4.49. The fourth-order valence-electron chi connectivity index (χ4n) is 1.80. The molecule has 0 spiro atoms. The van der Waals surface area contributed by atoms with Crippen molar-refractivity contribution in [1.29, 1.82) is 0 Å². The maximum absolute atomic E-state index is 11.8. The third-order valence-corrected chi connectivity index (χ3v) is 4.08. The molecule has 0 aromatic heterocycles. The molecule has 1 aromatic rings. The Labute approximate surface area is 123 Å². The lowest BCUT2D eigenvalue weighted by atomic mass is 10.0. The zero-order valence-corrected chi connectivity index (χ0v) is 13.1. The summed E-state index contributed by atoms with van der Waals surface area (Å²) < 4.78 is 28.4. The lowest BCUT2D eigenvalue weighted by Gasteiger charge is -2.11. The summed E-state index contributed by atoms with van der Waals surface area (Å²) in [6.45, 7) is 3.18. The van der Waals surface area contributed by atoms with Crippen molar-refractivity contribution in [3.63, 3.8) is 0 Å². The Morgan fingerprint density at radius 2 is 2.00 bits per heavy atom. The highest BCUT2D eigenvalue weighted by atomic mass is 32.2. The van der Waals surface area contributed by atoms with Crippen molar-refractivity contribution in [3.8, 4) is 0 Å². The van der Waals surface area contributed by atoms with Gasteiger partial charge in [-0.05, 0) is 43.2 Å². The van der Waals surface area contributed by atoms with Gasteiger partial charge in [-0.3, -0.25) is 0 Å². The van der Waals surface area contributed by atoms with Crippen LogP contribution in [0.1, 0.15) is 28.4 Å². The number of esters is 1. The van der Waals surface area contributed by atoms with Crippen LogP contribution in [0.5, 0.6) is 0 Å². The highest BCUT2D eigenvalue weighted by Gasteiger charge is 2.19. The van der Waals surface area contributed by atoms with Gasteiger partial charge in [0.05, 0.1) is 23.3 Å². The maximum atomic E-state index is 11.8. The van der Waals surface area contributed by atoms with Gasteiger partial charge in [-0.2, -0.15) is 0 Å². The van der Waals surface area contributed by atoms with Gasteiger partial charge in [0.1, 0.15) is 0 Å². The van der Waals surface area contributed by atoms with Gasteiger partial charge in [0, 0.05) is 6.26 Å². The third kappa shape index (κ3) is 3.91. The van der Waals surface area contributed by atoms with E-state index in [9.17, 15) is 13.2 Å². The topological polar surface area (TPSA) is 93.0 Å². The summed E-state index contributed by atoms with van der Waals surface area (Å²) in [5.74, 6) is -0.547. The SMILES string of the molecule is COC(=O)c1ccc(S(C)(=O)=O)c(C=CC(C)=NO)c1C. The normalized spacial score (nSPS) is 12.7. The van der Waals surface area contributed by atoms with Gasteiger partial charge in [-0.15, -0.1) is 0 Å². The van der Waals surface area contributed by atoms with Crippen molar-refractivity contribution in [1.82, 2.24) is 0 Å². The van der Waals surface area contributed by atoms with Crippen molar-refractivity contribution in [2.75, 3.05) is 13.4 Å². The second kappa shape index (κ2) is 6.53. The molecule has 1 rings (SSSR count). The number of ether oxygens (including phenoxy) is 1. The zero-order valence-electron chi connectivity index (χ0n) is 12.2. The molecule has 0 unspecified atom stereocenters. The molecule has 1 aromatic carbocycles. The first-order chi connectivity index (χ1) is 9.72. The number of hydrogen-bond acceptors (Lipinski definition) is 6. The molecule has 0 fully saturated rings. The lowest BCUT2D eigenvalue weighted by molar-refractivity contribution is 0.0599. The van der Waals surface area contributed by atoms with Crippen LogP contribution in [-0.4, -0.2) is 38.7 Å². The molecule has 0 aliphatic rings. The summed E-state index contributed by atoms with van der Waals surface area (Å²) in [6.07, 6.45) is 4.04. The summed E-state index contributed by atoms with van der Waals surface area (Å²) in [4.78, 5) is 11.8. The number of nitrogens with zero attached hydrogens (tertiary/aromatic N) is 1. The summed E-state index contributed by atoms with van der Waals surface area (Å²) in [5.41, 5.74) is 1.43. The van der Waals surface area contributed by atoms with Crippen molar-refractivity contribution >= 4 is 27.6 Å². The highest BCUT2D eigenvalue weighted by Crippen LogP contribution is 2.25. The van der Waals surface area contributed by atoms with E-state index in [0.717, 1.165) is 6.26 Å². The highest BCUT2D eigenvalue weighted by molar-refractivity contribution is 7.90. The minimum atomic E-state index is -3.47. The number of rotatable bonds is 4. The predicted molar refractivity (Wildman–Crippen MR) is 79.6 cm³/mol. The van der Waals surface area contributed by atoms with Gasteiger partial charge in [-0.25, -0.2) is 13.2 Å². The molecule has 0 bridgehead atoms. The first-order valence-electron chi connectivity index (χ1n) is 6.01. The fraction of sp³-hybridized carbons (Fsp3) is 0.286. The first kappa shape index (κ1) is 16.9. The second-order valence-corrected chi connectivity index (χ2v) is 6.47. The number of allylic oxidation sites excluding steroid dienone is 1. The standard InChI is InChI=1S/C14H17NO5S/c1-9(15-17)5-6-11-10(2)12(14(16)20-3)7-8-13(11)21(4,18)19/h5-8,17H,1-4H3. The lowest BCUT2D eigenvalue weighted by Crippen LogP contribution is -2.09. The molecule has 1 N–H and O–H groups in total. The number of oxime groups is 1. The molecule has 7 heteroatoms. The Hall–Kier alpha value is -2.15. The average Bonchev–Trinajstić information content (AvgIpc) is 2.43. The maximum Gasteiger partial charge on any atom is 0.338 e. The Kier molecular flexibility index (Phi) is 5.26. The van der Waals surface area contributed by atoms with Gasteiger partial charge >= 0.3 is 5.97 Å². The van der Waals surface area contributed by atoms with Crippen molar-refractivity contribution in [2.24, 2.45) is 5.16 Å². The quantitative estimate of drug-likeness (QED) is 0.397.